The quantitative estimate of drug-likeness (QED) is 0.739. The molecule has 1 unspecified atom stereocenters. The second kappa shape index (κ2) is 4.27. The summed E-state index contributed by atoms with van der Waals surface area (Å²) < 4.78 is 23.9. The maximum atomic E-state index is 11.3. The molecule has 0 radical (unpaired) electrons. The van der Waals surface area contributed by atoms with Gasteiger partial charge >= 0.3 is 5.97 Å². The second-order valence-electron chi connectivity index (χ2n) is 3.60. The molecule has 0 aromatic carbocycles. The van der Waals surface area contributed by atoms with E-state index in [2.05, 4.69) is 0 Å². The van der Waals surface area contributed by atoms with Crippen molar-refractivity contribution in [3.8, 4) is 0 Å². The fraction of sp³-hybridized carbons (Fsp3) is 0.875. The summed E-state index contributed by atoms with van der Waals surface area (Å²) in [7, 11) is -3.16. The zero-order chi connectivity index (χ0) is 10.8. The maximum Gasteiger partial charge on any atom is 0.303 e. The van der Waals surface area contributed by atoms with Crippen molar-refractivity contribution in [2.45, 2.75) is 31.7 Å². The highest BCUT2D eigenvalue weighted by Gasteiger charge is 2.31. The summed E-state index contributed by atoms with van der Waals surface area (Å²) in [6.45, 7) is 0.531. The number of rotatable bonds is 4. The van der Waals surface area contributed by atoms with Gasteiger partial charge in [-0.3, -0.25) is 4.79 Å². The second-order valence-corrected chi connectivity index (χ2v) is 5.54. The highest BCUT2D eigenvalue weighted by atomic mass is 32.2. The van der Waals surface area contributed by atoms with Crippen molar-refractivity contribution in [2.75, 3.05) is 12.8 Å². The third kappa shape index (κ3) is 2.95. The molecule has 1 fully saturated rings. The molecule has 0 amide bonds. The minimum atomic E-state index is -3.16. The van der Waals surface area contributed by atoms with Crippen molar-refractivity contribution in [2.24, 2.45) is 0 Å². The molecule has 5 nitrogen and oxygen atoms in total. The SMILES string of the molecule is CS(=O)(=O)N1CCCC1CCC(=O)O. The summed E-state index contributed by atoms with van der Waals surface area (Å²) in [5.41, 5.74) is 0. The zero-order valence-electron chi connectivity index (χ0n) is 8.14. The topological polar surface area (TPSA) is 74.7 Å². The minimum absolute atomic E-state index is 0.0384. The molecule has 1 N–H and O–H groups in total. The van der Waals surface area contributed by atoms with Crippen LogP contribution < -0.4 is 0 Å². The van der Waals surface area contributed by atoms with E-state index in [0.29, 0.717) is 13.0 Å². The van der Waals surface area contributed by atoms with E-state index in [0.717, 1.165) is 12.8 Å². The average molecular weight is 221 g/mol. The molecule has 1 heterocycles. The first-order valence-corrected chi connectivity index (χ1v) is 6.44. The van der Waals surface area contributed by atoms with Crippen LogP contribution in [0.15, 0.2) is 0 Å². The maximum absolute atomic E-state index is 11.3. The van der Waals surface area contributed by atoms with Crippen LogP contribution in [0.1, 0.15) is 25.7 Å². The Labute approximate surface area is 83.8 Å². The van der Waals surface area contributed by atoms with Crippen molar-refractivity contribution >= 4 is 16.0 Å². The lowest BCUT2D eigenvalue weighted by atomic mass is 10.1. The predicted molar refractivity (Wildman–Crippen MR) is 51.4 cm³/mol. The molecule has 14 heavy (non-hydrogen) atoms. The van der Waals surface area contributed by atoms with E-state index in [-0.39, 0.29) is 12.5 Å². The molecule has 1 atom stereocenters. The Bertz CT molecular complexity index is 311. The Balaban J connectivity index is 2.56. The van der Waals surface area contributed by atoms with Crippen LogP contribution in [0, 0.1) is 0 Å². The highest BCUT2D eigenvalue weighted by molar-refractivity contribution is 7.88. The Morgan fingerprint density at radius 1 is 1.57 bits per heavy atom. The smallest absolute Gasteiger partial charge is 0.303 e. The van der Waals surface area contributed by atoms with E-state index >= 15 is 0 Å². The minimum Gasteiger partial charge on any atom is -0.481 e. The first-order valence-electron chi connectivity index (χ1n) is 4.60. The Kier molecular flexibility index (Phi) is 3.49. The van der Waals surface area contributed by atoms with Gasteiger partial charge in [0.15, 0.2) is 0 Å². The lowest BCUT2D eigenvalue weighted by Gasteiger charge is -2.21. The highest BCUT2D eigenvalue weighted by Crippen LogP contribution is 2.23. The van der Waals surface area contributed by atoms with Gasteiger partial charge in [-0.1, -0.05) is 0 Å². The number of carboxylic acid groups (broad SMARTS) is 1. The number of nitrogens with zero attached hydrogens (tertiary/aromatic N) is 1. The van der Waals surface area contributed by atoms with E-state index in [1.165, 1.54) is 10.6 Å². The van der Waals surface area contributed by atoms with Gasteiger partial charge in [-0.05, 0) is 19.3 Å². The summed E-state index contributed by atoms with van der Waals surface area (Å²) in [5.74, 6) is -0.870. The van der Waals surface area contributed by atoms with E-state index < -0.39 is 16.0 Å². The van der Waals surface area contributed by atoms with Crippen LogP contribution in [0.2, 0.25) is 0 Å². The Morgan fingerprint density at radius 3 is 2.71 bits per heavy atom. The molecule has 0 aromatic rings. The Hall–Kier alpha value is -0.620. The number of carbonyl (C=O) groups is 1. The molecule has 0 bridgehead atoms. The summed E-state index contributed by atoms with van der Waals surface area (Å²) in [6.07, 6.45) is 3.24. The molecule has 82 valence electrons. The summed E-state index contributed by atoms with van der Waals surface area (Å²) in [6, 6.07) is -0.110. The van der Waals surface area contributed by atoms with Crippen LogP contribution in [0.25, 0.3) is 0 Å². The van der Waals surface area contributed by atoms with Crippen LogP contribution in [0.3, 0.4) is 0 Å². The number of hydrogen-bond donors (Lipinski definition) is 1. The lowest BCUT2D eigenvalue weighted by Crippen LogP contribution is -2.34. The lowest BCUT2D eigenvalue weighted by molar-refractivity contribution is -0.137. The normalized spacial score (nSPS) is 23.9. The van der Waals surface area contributed by atoms with Crippen LogP contribution in [0.5, 0.6) is 0 Å². The first kappa shape index (κ1) is 11.5. The molecule has 1 aliphatic heterocycles. The third-order valence-corrected chi connectivity index (χ3v) is 3.77. The van der Waals surface area contributed by atoms with Gasteiger partial charge in [0.2, 0.25) is 10.0 Å². The van der Waals surface area contributed by atoms with Gasteiger partial charge in [-0.2, -0.15) is 4.31 Å². The number of hydrogen-bond acceptors (Lipinski definition) is 3. The molecule has 0 aromatic heterocycles. The predicted octanol–water partition coefficient (Wildman–Crippen LogP) is 0.275. The molecular formula is C8H15NO4S. The van der Waals surface area contributed by atoms with Crippen molar-refractivity contribution in [3.05, 3.63) is 0 Å². The van der Waals surface area contributed by atoms with Gasteiger partial charge in [0.05, 0.1) is 6.26 Å². The number of sulfonamides is 1. The molecule has 1 rings (SSSR count). The molecule has 0 saturated carbocycles. The van der Waals surface area contributed by atoms with Gasteiger partial charge in [0, 0.05) is 19.0 Å². The zero-order valence-corrected chi connectivity index (χ0v) is 8.96. The van der Waals surface area contributed by atoms with E-state index in [9.17, 15) is 13.2 Å². The standard InChI is InChI=1S/C8H15NO4S/c1-14(12,13)9-6-2-3-7(9)4-5-8(10)11/h7H,2-6H2,1H3,(H,10,11). The van der Waals surface area contributed by atoms with Crippen molar-refractivity contribution in [3.63, 3.8) is 0 Å². The summed E-state index contributed by atoms with van der Waals surface area (Å²) in [4.78, 5) is 10.3. The van der Waals surface area contributed by atoms with Crippen LogP contribution in [0.4, 0.5) is 0 Å². The van der Waals surface area contributed by atoms with Crippen molar-refractivity contribution in [1.82, 2.24) is 4.31 Å². The Morgan fingerprint density at radius 2 is 2.21 bits per heavy atom. The van der Waals surface area contributed by atoms with Crippen LogP contribution >= 0.6 is 0 Å². The molecule has 0 aliphatic carbocycles. The average Bonchev–Trinajstić information content (AvgIpc) is 2.46. The molecule has 6 heteroatoms. The van der Waals surface area contributed by atoms with E-state index in [1.54, 1.807) is 0 Å². The largest absolute Gasteiger partial charge is 0.481 e. The van der Waals surface area contributed by atoms with Gasteiger partial charge in [-0.25, -0.2) is 8.42 Å². The van der Waals surface area contributed by atoms with Gasteiger partial charge in [0.25, 0.3) is 0 Å². The number of carboxylic acids is 1. The van der Waals surface area contributed by atoms with Gasteiger partial charge < -0.3 is 5.11 Å². The number of aliphatic carboxylic acids is 1. The van der Waals surface area contributed by atoms with Crippen molar-refractivity contribution in [1.29, 1.82) is 0 Å². The van der Waals surface area contributed by atoms with E-state index in [1.807, 2.05) is 0 Å². The molecule has 1 saturated heterocycles. The molecule has 1 aliphatic rings. The van der Waals surface area contributed by atoms with Crippen LogP contribution in [-0.4, -0.2) is 42.6 Å². The third-order valence-electron chi connectivity index (χ3n) is 2.44. The molecule has 0 spiro atoms. The fourth-order valence-corrected chi connectivity index (χ4v) is 3.04. The summed E-state index contributed by atoms with van der Waals surface area (Å²) in [5, 5.41) is 8.49. The summed E-state index contributed by atoms with van der Waals surface area (Å²) >= 11 is 0. The molecular weight excluding hydrogens is 206 g/mol. The van der Waals surface area contributed by atoms with Crippen LogP contribution in [-0.2, 0) is 14.8 Å². The van der Waals surface area contributed by atoms with Crippen molar-refractivity contribution < 1.29 is 18.3 Å². The van der Waals surface area contributed by atoms with Gasteiger partial charge in [-0.15, -0.1) is 0 Å². The van der Waals surface area contributed by atoms with Gasteiger partial charge in [0.1, 0.15) is 0 Å². The van der Waals surface area contributed by atoms with E-state index in [4.69, 9.17) is 5.11 Å². The monoisotopic (exact) mass is 221 g/mol. The first-order chi connectivity index (χ1) is 6.41. The fourth-order valence-electron chi connectivity index (χ4n) is 1.82.